The summed E-state index contributed by atoms with van der Waals surface area (Å²) in [6.45, 7) is 2.16. The number of ether oxygens (including phenoxy) is 1. The third-order valence-electron chi connectivity index (χ3n) is 4.51. The Kier molecular flexibility index (Phi) is 5.53. The Bertz CT molecular complexity index is 723. The summed E-state index contributed by atoms with van der Waals surface area (Å²) in [7, 11) is 1.39. The molecule has 1 N–H and O–H groups in total. The molecule has 0 aromatic heterocycles. The van der Waals surface area contributed by atoms with Gasteiger partial charge in [-0.2, -0.15) is 0 Å². The monoisotopic (exact) mass is 342 g/mol. The van der Waals surface area contributed by atoms with Gasteiger partial charge in [0.2, 0.25) is 0 Å². The highest BCUT2D eigenvalue weighted by Crippen LogP contribution is 2.22. The maximum Gasteiger partial charge on any atom is 0.255 e. The fraction of sp³-hybridized carbons (Fsp3) is 0.350. The van der Waals surface area contributed by atoms with E-state index in [0.29, 0.717) is 5.69 Å². The molecule has 1 saturated heterocycles. The van der Waals surface area contributed by atoms with E-state index in [1.807, 2.05) is 24.3 Å². The number of nitrogens with one attached hydrogen (secondary N) is 1. The van der Waals surface area contributed by atoms with E-state index < -0.39 is 5.82 Å². The quantitative estimate of drug-likeness (QED) is 0.891. The van der Waals surface area contributed by atoms with Crippen molar-refractivity contribution < 1.29 is 13.9 Å². The number of methoxy groups -OCH3 is 1. The second kappa shape index (κ2) is 8.01. The lowest BCUT2D eigenvalue weighted by Gasteiger charge is -2.22. The smallest absolute Gasteiger partial charge is 0.255 e. The standard InChI is InChI=1S/C20H23FN2O2/c1-25-19-11-6-15(14-18(19)21)20(24)22-16-7-9-17(10-8-16)23-12-4-2-3-5-13-23/h6-11,14H,2-5,12-13H2,1H3,(H,22,24). The van der Waals surface area contributed by atoms with Crippen molar-refractivity contribution in [1.82, 2.24) is 0 Å². The Morgan fingerprint density at radius 2 is 1.72 bits per heavy atom. The van der Waals surface area contributed by atoms with Gasteiger partial charge >= 0.3 is 0 Å². The number of hydrogen-bond donors (Lipinski definition) is 1. The number of benzene rings is 2. The molecule has 0 spiro atoms. The molecule has 0 aliphatic carbocycles. The van der Waals surface area contributed by atoms with Gasteiger partial charge in [0.25, 0.3) is 5.91 Å². The molecule has 2 aromatic carbocycles. The normalized spacial score (nSPS) is 14.7. The Labute approximate surface area is 147 Å². The second-order valence-electron chi connectivity index (χ2n) is 6.25. The van der Waals surface area contributed by atoms with Gasteiger partial charge in [-0.25, -0.2) is 4.39 Å². The molecule has 4 nitrogen and oxygen atoms in total. The van der Waals surface area contributed by atoms with Crippen molar-refractivity contribution in [1.29, 1.82) is 0 Å². The van der Waals surface area contributed by atoms with Gasteiger partial charge in [-0.3, -0.25) is 4.79 Å². The molecular formula is C20H23FN2O2. The maximum absolute atomic E-state index is 13.7. The van der Waals surface area contributed by atoms with E-state index in [9.17, 15) is 9.18 Å². The van der Waals surface area contributed by atoms with Crippen molar-refractivity contribution in [2.45, 2.75) is 25.7 Å². The molecule has 0 bridgehead atoms. The lowest BCUT2D eigenvalue weighted by Crippen LogP contribution is -2.23. The predicted molar refractivity (Wildman–Crippen MR) is 98.0 cm³/mol. The van der Waals surface area contributed by atoms with E-state index in [-0.39, 0.29) is 17.2 Å². The number of carbonyl (C=O) groups is 1. The van der Waals surface area contributed by atoms with Gasteiger partial charge in [0, 0.05) is 30.0 Å². The summed E-state index contributed by atoms with van der Waals surface area (Å²) >= 11 is 0. The first-order chi connectivity index (χ1) is 12.2. The molecule has 2 aromatic rings. The van der Waals surface area contributed by atoms with Crippen LogP contribution >= 0.6 is 0 Å². The SMILES string of the molecule is COc1ccc(C(=O)Nc2ccc(N3CCCCCC3)cc2)cc1F. The Balaban J connectivity index is 1.66. The number of anilines is 2. The topological polar surface area (TPSA) is 41.6 Å². The maximum atomic E-state index is 13.7. The zero-order valence-electron chi connectivity index (χ0n) is 14.4. The highest BCUT2D eigenvalue weighted by Gasteiger charge is 2.12. The Hall–Kier alpha value is -2.56. The van der Waals surface area contributed by atoms with Crippen molar-refractivity contribution in [3.05, 3.63) is 53.8 Å². The number of halogens is 1. The minimum absolute atomic E-state index is 0.123. The van der Waals surface area contributed by atoms with Crippen LogP contribution in [-0.4, -0.2) is 26.1 Å². The van der Waals surface area contributed by atoms with E-state index in [1.165, 1.54) is 50.6 Å². The third kappa shape index (κ3) is 4.29. The molecule has 1 aliphatic heterocycles. The summed E-state index contributed by atoms with van der Waals surface area (Å²) in [6, 6.07) is 12.0. The summed E-state index contributed by atoms with van der Waals surface area (Å²) in [4.78, 5) is 14.7. The number of carbonyl (C=O) groups excluding carboxylic acids is 1. The lowest BCUT2D eigenvalue weighted by atomic mass is 10.2. The Morgan fingerprint density at radius 1 is 1.04 bits per heavy atom. The van der Waals surface area contributed by atoms with Crippen LogP contribution in [0.5, 0.6) is 5.75 Å². The molecule has 0 saturated carbocycles. The third-order valence-corrected chi connectivity index (χ3v) is 4.51. The summed E-state index contributed by atoms with van der Waals surface area (Å²) < 4.78 is 18.6. The summed E-state index contributed by atoms with van der Waals surface area (Å²) in [5, 5.41) is 2.80. The average Bonchev–Trinajstić information content (AvgIpc) is 2.91. The molecule has 0 radical (unpaired) electrons. The van der Waals surface area contributed by atoms with E-state index in [0.717, 1.165) is 13.1 Å². The van der Waals surface area contributed by atoms with Crippen molar-refractivity contribution in [3.8, 4) is 5.75 Å². The summed E-state index contributed by atoms with van der Waals surface area (Å²) in [5.41, 5.74) is 2.13. The highest BCUT2D eigenvalue weighted by molar-refractivity contribution is 6.04. The molecule has 132 valence electrons. The molecule has 5 heteroatoms. The highest BCUT2D eigenvalue weighted by atomic mass is 19.1. The number of nitrogens with zero attached hydrogens (tertiary/aromatic N) is 1. The minimum Gasteiger partial charge on any atom is -0.494 e. The van der Waals surface area contributed by atoms with Crippen molar-refractivity contribution in [2.24, 2.45) is 0 Å². The molecule has 1 fully saturated rings. The molecule has 1 aliphatic rings. The van der Waals surface area contributed by atoms with Crippen LogP contribution in [0.15, 0.2) is 42.5 Å². The van der Waals surface area contributed by atoms with Gasteiger partial charge < -0.3 is 15.0 Å². The first kappa shape index (κ1) is 17.3. The minimum atomic E-state index is -0.549. The van der Waals surface area contributed by atoms with Gasteiger partial charge in [0.05, 0.1) is 7.11 Å². The van der Waals surface area contributed by atoms with Crippen molar-refractivity contribution >= 4 is 17.3 Å². The molecule has 0 unspecified atom stereocenters. The Morgan fingerprint density at radius 3 is 2.32 bits per heavy atom. The van der Waals surface area contributed by atoms with Gasteiger partial charge in [0.15, 0.2) is 11.6 Å². The van der Waals surface area contributed by atoms with E-state index in [1.54, 1.807) is 6.07 Å². The molecular weight excluding hydrogens is 319 g/mol. The van der Waals surface area contributed by atoms with Crippen LogP contribution in [0, 0.1) is 5.82 Å². The molecule has 0 atom stereocenters. The first-order valence-corrected chi connectivity index (χ1v) is 8.67. The molecule has 1 heterocycles. The molecule has 3 rings (SSSR count). The summed E-state index contributed by atoms with van der Waals surface area (Å²) in [5.74, 6) is -0.769. The molecule has 1 amide bonds. The number of rotatable bonds is 4. The van der Waals surface area contributed by atoms with Crippen LogP contribution in [-0.2, 0) is 0 Å². The van der Waals surface area contributed by atoms with Gasteiger partial charge in [0.1, 0.15) is 0 Å². The molecule has 25 heavy (non-hydrogen) atoms. The zero-order valence-corrected chi connectivity index (χ0v) is 14.4. The first-order valence-electron chi connectivity index (χ1n) is 8.67. The average molecular weight is 342 g/mol. The largest absolute Gasteiger partial charge is 0.494 e. The second-order valence-corrected chi connectivity index (χ2v) is 6.25. The number of hydrogen-bond acceptors (Lipinski definition) is 3. The van der Waals surface area contributed by atoms with Gasteiger partial charge in [-0.15, -0.1) is 0 Å². The van der Waals surface area contributed by atoms with Crippen LogP contribution in [0.1, 0.15) is 36.0 Å². The van der Waals surface area contributed by atoms with Crippen molar-refractivity contribution in [2.75, 3.05) is 30.4 Å². The van der Waals surface area contributed by atoms with Gasteiger partial charge in [-0.1, -0.05) is 12.8 Å². The van der Waals surface area contributed by atoms with E-state index in [4.69, 9.17) is 4.74 Å². The van der Waals surface area contributed by atoms with Crippen LogP contribution in [0.3, 0.4) is 0 Å². The predicted octanol–water partition coefficient (Wildman–Crippen LogP) is 4.47. The fourth-order valence-corrected chi connectivity index (χ4v) is 3.10. The van der Waals surface area contributed by atoms with Crippen LogP contribution in [0.25, 0.3) is 0 Å². The van der Waals surface area contributed by atoms with Crippen LogP contribution in [0.4, 0.5) is 15.8 Å². The zero-order chi connectivity index (χ0) is 17.6. The van der Waals surface area contributed by atoms with E-state index in [2.05, 4.69) is 10.2 Å². The van der Waals surface area contributed by atoms with Crippen LogP contribution < -0.4 is 15.0 Å². The van der Waals surface area contributed by atoms with Gasteiger partial charge in [-0.05, 0) is 55.3 Å². The number of amides is 1. The summed E-state index contributed by atoms with van der Waals surface area (Å²) in [6.07, 6.45) is 5.04. The fourth-order valence-electron chi connectivity index (χ4n) is 3.10. The van der Waals surface area contributed by atoms with Crippen molar-refractivity contribution in [3.63, 3.8) is 0 Å². The van der Waals surface area contributed by atoms with Crippen LogP contribution in [0.2, 0.25) is 0 Å². The van der Waals surface area contributed by atoms with E-state index >= 15 is 0 Å². The lowest BCUT2D eigenvalue weighted by molar-refractivity contribution is 0.102.